The Morgan fingerprint density at radius 3 is 2.76 bits per heavy atom. The molecule has 0 spiro atoms. The number of aryl methyl sites for hydroxylation is 1. The molecule has 1 N–H and O–H groups in total. The van der Waals surface area contributed by atoms with E-state index in [1.165, 1.54) is 4.68 Å². The summed E-state index contributed by atoms with van der Waals surface area (Å²) in [6, 6.07) is 5.11. The summed E-state index contributed by atoms with van der Waals surface area (Å²) in [6.45, 7) is 4.60. The first-order valence-corrected chi connectivity index (χ1v) is 9.09. The van der Waals surface area contributed by atoms with E-state index in [2.05, 4.69) is 15.4 Å². The van der Waals surface area contributed by atoms with Gasteiger partial charge in [-0.15, -0.1) is 5.10 Å². The first kappa shape index (κ1) is 18.2. The zero-order chi connectivity index (χ0) is 18.0. The van der Waals surface area contributed by atoms with Crippen LogP contribution in [-0.2, 0) is 11.2 Å². The molecule has 134 valence electrons. The SMILES string of the molecule is CCc1nc(C(=O)NC(C)C2CCCO2)nn1-c1c(Cl)cccc1Cl. The molecule has 1 aromatic carbocycles. The predicted molar refractivity (Wildman–Crippen MR) is 96.7 cm³/mol. The lowest BCUT2D eigenvalue weighted by atomic mass is 10.1. The second kappa shape index (κ2) is 7.72. The van der Waals surface area contributed by atoms with E-state index in [9.17, 15) is 4.79 Å². The number of hydrogen-bond acceptors (Lipinski definition) is 4. The monoisotopic (exact) mass is 382 g/mol. The predicted octanol–water partition coefficient (Wildman–Crippen LogP) is 3.43. The van der Waals surface area contributed by atoms with Gasteiger partial charge in [0.05, 0.1) is 22.2 Å². The van der Waals surface area contributed by atoms with Crippen LogP contribution in [0.4, 0.5) is 0 Å². The van der Waals surface area contributed by atoms with Gasteiger partial charge in [-0.25, -0.2) is 9.67 Å². The number of carbonyl (C=O) groups excluding carboxylic acids is 1. The van der Waals surface area contributed by atoms with Gasteiger partial charge in [0.1, 0.15) is 11.5 Å². The largest absolute Gasteiger partial charge is 0.376 e. The van der Waals surface area contributed by atoms with Crippen LogP contribution in [0.1, 0.15) is 43.1 Å². The van der Waals surface area contributed by atoms with E-state index in [0.29, 0.717) is 28.0 Å². The quantitative estimate of drug-likeness (QED) is 0.859. The summed E-state index contributed by atoms with van der Waals surface area (Å²) in [5.74, 6) is 0.377. The maximum Gasteiger partial charge on any atom is 0.291 e. The molecule has 2 unspecified atom stereocenters. The molecule has 2 atom stereocenters. The summed E-state index contributed by atoms with van der Waals surface area (Å²) >= 11 is 12.5. The van der Waals surface area contributed by atoms with Crippen molar-refractivity contribution in [2.24, 2.45) is 0 Å². The van der Waals surface area contributed by atoms with Crippen molar-refractivity contribution in [1.29, 1.82) is 0 Å². The van der Waals surface area contributed by atoms with Crippen LogP contribution in [0, 0.1) is 0 Å². The summed E-state index contributed by atoms with van der Waals surface area (Å²) in [4.78, 5) is 16.9. The Bertz CT molecular complexity index is 752. The molecule has 2 heterocycles. The highest BCUT2D eigenvalue weighted by atomic mass is 35.5. The molecule has 1 aromatic heterocycles. The van der Waals surface area contributed by atoms with Gasteiger partial charge in [0.2, 0.25) is 5.82 Å². The van der Waals surface area contributed by atoms with E-state index in [1.807, 2.05) is 13.8 Å². The molecule has 1 amide bonds. The smallest absolute Gasteiger partial charge is 0.291 e. The summed E-state index contributed by atoms with van der Waals surface area (Å²) in [5, 5.41) is 8.15. The zero-order valence-corrected chi connectivity index (χ0v) is 15.6. The maximum absolute atomic E-state index is 12.5. The molecular formula is C17H20Cl2N4O2. The second-order valence-corrected chi connectivity index (χ2v) is 6.82. The lowest BCUT2D eigenvalue weighted by molar-refractivity contribution is 0.0706. The molecule has 1 aliphatic heterocycles. The number of benzene rings is 1. The number of para-hydroxylation sites is 1. The third kappa shape index (κ3) is 3.81. The Hall–Kier alpha value is -1.63. The molecule has 6 nitrogen and oxygen atoms in total. The third-order valence-corrected chi connectivity index (χ3v) is 4.83. The molecule has 8 heteroatoms. The standard InChI is InChI=1S/C17H20Cl2N4O2/c1-3-14-21-16(17(24)20-10(2)13-8-5-9-25-13)22-23(14)15-11(18)6-4-7-12(15)19/h4,6-7,10,13H,3,5,8-9H2,1-2H3,(H,20,24). The van der Waals surface area contributed by atoms with Crippen molar-refractivity contribution in [2.75, 3.05) is 6.61 Å². The Balaban J connectivity index is 1.86. The third-order valence-electron chi connectivity index (χ3n) is 4.22. The van der Waals surface area contributed by atoms with Crippen molar-refractivity contribution in [1.82, 2.24) is 20.1 Å². The highest BCUT2D eigenvalue weighted by Crippen LogP contribution is 2.28. The average Bonchev–Trinajstić information content (AvgIpc) is 3.24. The number of amides is 1. The van der Waals surface area contributed by atoms with Crippen LogP contribution in [-0.4, -0.2) is 39.4 Å². The molecule has 0 bridgehead atoms. The van der Waals surface area contributed by atoms with E-state index in [-0.39, 0.29) is 23.9 Å². The van der Waals surface area contributed by atoms with E-state index in [4.69, 9.17) is 27.9 Å². The summed E-state index contributed by atoms with van der Waals surface area (Å²) in [7, 11) is 0. The number of rotatable bonds is 5. The molecule has 1 saturated heterocycles. The Morgan fingerprint density at radius 2 is 2.16 bits per heavy atom. The van der Waals surface area contributed by atoms with Crippen LogP contribution in [0.3, 0.4) is 0 Å². The number of hydrogen-bond donors (Lipinski definition) is 1. The van der Waals surface area contributed by atoms with Gasteiger partial charge >= 0.3 is 0 Å². The minimum Gasteiger partial charge on any atom is -0.376 e. The molecule has 0 aliphatic carbocycles. The van der Waals surface area contributed by atoms with Crippen LogP contribution in [0.25, 0.3) is 5.69 Å². The van der Waals surface area contributed by atoms with Gasteiger partial charge in [0, 0.05) is 13.0 Å². The van der Waals surface area contributed by atoms with Crippen molar-refractivity contribution in [2.45, 2.75) is 45.3 Å². The molecule has 2 aromatic rings. The highest BCUT2D eigenvalue weighted by molar-refractivity contribution is 6.37. The second-order valence-electron chi connectivity index (χ2n) is 6.00. The van der Waals surface area contributed by atoms with Gasteiger partial charge in [0.15, 0.2) is 0 Å². The van der Waals surface area contributed by atoms with E-state index >= 15 is 0 Å². The molecular weight excluding hydrogens is 363 g/mol. The molecule has 1 fully saturated rings. The average molecular weight is 383 g/mol. The number of ether oxygens (including phenoxy) is 1. The highest BCUT2D eigenvalue weighted by Gasteiger charge is 2.26. The first-order chi connectivity index (χ1) is 12.0. The van der Waals surface area contributed by atoms with Crippen molar-refractivity contribution >= 4 is 29.1 Å². The van der Waals surface area contributed by atoms with E-state index < -0.39 is 0 Å². The van der Waals surface area contributed by atoms with Crippen LogP contribution < -0.4 is 5.32 Å². The number of aromatic nitrogens is 3. The molecule has 3 rings (SSSR count). The number of nitrogens with zero attached hydrogens (tertiary/aromatic N) is 3. The fraction of sp³-hybridized carbons (Fsp3) is 0.471. The van der Waals surface area contributed by atoms with Gasteiger partial charge in [-0.3, -0.25) is 4.79 Å². The Labute approximate surface area is 156 Å². The first-order valence-electron chi connectivity index (χ1n) is 8.34. The van der Waals surface area contributed by atoms with Crippen molar-refractivity contribution in [3.05, 3.63) is 39.9 Å². The normalized spacial score (nSPS) is 18.3. The maximum atomic E-state index is 12.5. The van der Waals surface area contributed by atoms with Crippen LogP contribution in [0.5, 0.6) is 0 Å². The van der Waals surface area contributed by atoms with Crippen molar-refractivity contribution in [3.63, 3.8) is 0 Å². The Morgan fingerprint density at radius 1 is 1.44 bits per heavy atom. The zero-order valence-electron chi connectivity index (χ0n) is 14.1. The molecule has 25 heavy (non-hydrogen) atoms. The van der Waals surface area contributed by atoms with Crippen molar-refractivity contribution < 1.29 is 9.53 Å². The van der Waals surface area contributed by atoms with Gasteiger partial charge in [-0.2, -0.15) is 0 Å². The van der Waals surface area contributed by atoms with Gasteiger partial charge in [0.25, 0.3) is 5.91 Å². The summed E-state index contributed by atoms with van der Waals surface area (Å²) in [6.07, 6.45) is 2.58. The molecule has 0 saturated carbocycles. The fourth-order valence-corrected chi connectivity index (χ4v) is 3.46. The lowest BCUT2D eigenvalue weighted by Gasteiger charge is -2.18. The topological polar surface area (TPSA) is 69.0 Å². The van der Waals surface area contributed by atoms with E-state index in [0.717, 1.165) is 19.4 Å². The van der Waals surface area contributed by atoms with E-state index in [1.54, 1.807) is 18.2 Å². The number of carbonyl (C=O) groups is 1. The lowest BCUT2D eigenvalue weighted by Crippen LogP contribution is -2.41. The van der Waals surface area contributed by atoms with Crippen molar-refractivity contribution in [3.8, 4) is 5.69 Å². The van der Waals surface area contributed by atoms with Gasteiger partial charge < -0.3 is 10.1 Å². The fourth-order valence-electron chi connectivity index (χ4n) is 2.90. The van der Waals surface area contributed by atoms with Crippen LogP contribution >= 0.6 is 23.2 Å². The number of halogens is 2. The Kier molecular flexibility index (Phi) is 5.61. The van der Waals surface area contributed by atoms with Gasteiger partial charge in [-0.1, -0.05) is 36.2 Å². The van der Waals surface area contributed by atoms with Crippen LogP contribution in [0.15, 0.2) is 18.2 Å². The minimum absolute atomic E-state index is 0.0368. The molecule has 1 aliphatic rings. The van der Waals surface area contributed by atoms with Crippen LogP contribution in [0.2, 0.25) is 10.0 Å². The van der Waals surface area contributed by atoms with Gasteiger partial charge in [-0.05, 0) is 31.9 Å². The minimum atomic E-state index is -0.334. The summed E-state index contributed by atoms with van der Waals surface area (Å²) < 4.78 is 7.14. The number of nitrogens with one attached hydrogen (secondary N) is 1. The summed E-state index contributed by atoms with van der Waals surface area (Å²) in [5.41, 5.74) is 0.529. The molecule has 0 radical (unpaired) electrons.